The van der Waals surface area contributed by atoms with E-state index in [1.807, 2.05) is 6.07 Å². The van der Waals surface area contributed by atoms with Gasteiger partial charge in [0, 0.05) is 31.4 Å². The molecule has 1 unspecified atom stereocenters. The van der Waals surface area contributed by atoms with Crippen LogP contribution >= 0.6 is 0 Å². The van der Waals surface area contributed by atoms with Gasteiger partial charge in [-0.1, -0.05) is 6.07 Å². The van der Waals surface area contributed by atoms with Crippen LogP contribution in [-0.4, -0.2) is 37.4 Å². The molecular formula is C12H17FN2O. The Morgan fingerprint density at radius 3 is 3.12 bits per heavy atom. The Labute approximate surface area is 94.9 Å². The molecule has 1 aliphatic heterocycles. The number of aliphatic hydroxyl groups is 1. The van der Waals surface area contributed by atoms with Crippen LogP contribution in [-0.2, 0) is 0 Å². The van der Waals surface area contributed by atoms with E-state index in [-0.39, 0.29) is 12.4 Å². The van der Waals surface area contributed by atoms with Crippen LogP contribution in [0.5, 0.6) is 0 Å². The fourth-order valence-electron chi connectivity index (χ4n) is 2.10. The molecule has 0 aliphatic carbocycles. The second-order valence-corrected chi connectivity index (χ2v) is 4.09. The summed E-state index contributed by atoms with van der Waals surface area (Å²) in [5.41, 5.74) is 0.938. The molecule has 0 aromatic heterocycles. The molecule has 1 saturated heterocycles. The number of nitrogens with one attached hydrogen (secondary N) is 1. The number of halogens is 1. The summed E-state index contributed by atoms with van der Waals surface area (Å²) in [5, 5.41) is 12.0. The SMILES string of the molecule is OCCNC1CCN(c2cccc(F)c2)C1. The van der Waals surface area contributed by atoms with Crippen molar-refractivity contribution < 1.29 is 9.50 Å². The van der Waals surface area contributed by atoms with E-state index in [2.05, 4.69) is 10.2 Å². The number of hydrogen-bond donors (Lipinski definition) is 2. The Morgan fingerprint density at radius 2 is 2.38 bits per heavy atom. The number of hydrogen-bond acceptors (Lipinski definition) is 3. The Morgan fingerprint density at radius 1 is 1.50 bits per heavy atom. The average molecular weight is 224 g/mol. The first-order valence-electron chi connectivity index (χ1n) is 5.64. The maximum atomic E-state index is 13.0. The first kappa shape index (κ1) is 11.4. The summed E-state index contributed by atoms with van der Waals surface area (Å²) >= 11 is 0. The molecule has 0 bridgehead atoms. The molecular weight excluding hydrogens is 207 g/mol. The zero-order valence-electron chi connectivity index (χ0n) is 9.19. The number of nitrogens with zero attached hydrogens (tertiary/aromatic N) is 1. The summed E-state index contributed by atoms with van der Waals surface area (Å²) < 4.78 is 13.0. The second kappa shape index (κ2) is 5.27. The maximum absolute atomic E-state index is 13.0. The molecule has 0 amide bonds. The van der Waals surface area contributed by atoms with Crippen LogP contribution in [0.25, 0.3) is 0 Å². The van der Waals surface area contributed by atoms with Crippen LogP contribution in [0, 0.1) is 5.82 Å². The fraction of sp³-hybridized carbons (Fsp3) is 0.500. The maximum Gasteiger partial charge on any atom is 0.125 e. The van der Waals surface area contributed by atoms with Gasteiger partial charge in [-0.15, -0.1) is 0 Å². The van der Waals surface area contributed by atoms with Crippen LogP contribution in [0.15, 0.2) is 24.3 Å². The monoisotopic (exact) mass is 224 g/mol. The zero-order valence-corrected chi connectivity index (χ0v) is 9.19. The molecule has 3 nitrogen and oxygen atoms in total. The van der Waals surface area contributed by atoms with Crippen molar-refractivity contribution >= 4 is 5.69 Å². The molecule has 2 rings (SSSR count). The predicted molar refractivity (Wildman–Crippen MR) is 62.1 cm³/mol. The van der Waals surface area contributed by atoms with Gasteiger partial charge in [-0.05, 0) is 24.6 Å². The van der Waals surface area contributed by atoms with Crippen molar-refractivity contribution in [2.45, 2.75) is 12.5 Å². The van der Waals surface area contributed by atoms with E-state index in [4.69, 9.17) is 5.11 Å². The van der Waals surface area contributed by atoms with E-state index in [1.54, 1.807) is 12.1 Å². The van der Waals surface area contributed by atoms with Gasteiger partial charge in [-0.25, -0.2) is 4.39 Å². The first-order valence-corrected chi connectivity index (χ1v) is 5.64. The lowest BCUT2D eigenvalue weighted by molar-refractivity contribution is 0.286. The van der Waals surface area contributed by atoms with Gasteiger partial charge in [0.25, 0.3) is 0 Å². The lowest BCUT2D eigenvalue weighted by atomic mass is 10.2. The molecule has 88 valence electrons. The highest BCUT2D eigenvalue weighted by molar-refractivity contribution is 5.47. The summed E-state index contributed by atoms with van der Waals surface area (Å²) in [5.74, 6) is -0.190. The topological polar surface area (TPSA) is 35.5 Å². The highest BCUT2D eigenvalue weighted by Gasteiger charge is 2.21. The average Bonchev–Trinajstić information content (AvgIpc) is 2.75. The third kappa shape index (κ3) is 2.71. The van der Waals surface area contributed by atoms with E-state index >= 15 is 0 Å². The van der Waals surface area contributed by atoms with Gasteiger partial charge in [0.05, 0.1) is 6.61 Å². The smallest absolute Gasteiger partial charge is 0.125 e. The lowest BCUT2D eigenvalue weighted by Gasteiger charge is -2.18. The van der Waals surface area contributed by atoms with E-state index < -0.39 is 0 Å². The van der Waals surface area contributed by atoms with Crippen molar-refractivity contribution in [1.82, 2.24) is 5.32 Å². The quantitative estimate of drug-likeness (QED) is 0.800. The molecule has 0 saturated carbocycles. The summed E-state index contributed by atoms with van der Waals surface area (Å²) in [6, 6.07) is 7.09. The molecule has 1 heterocycles. The van der Waals surface area contributed by atoms with Gasteiger partial charge in [-0.3, -0.25) is 0 Å². The van der Waals surface area contributed by atoms with Crippen molar-refractivity contribution in [1.29, 1.82) is 0 Å². The normalized spacial score (nSPS) is 20.4. The molecule has 1 aromatic carbocycles. The van der Waals surface area contributed by atoms with Gasteiger partial charge in [0.2, 0.25) is 0 Å². The van der Waals surface area contributed by atoms with Crippen LogP contribution in [0.4, 0.5) is 10.1 Å². The third-order valence-corrected chi connectivity index (χ3v) is 2.91. The van der Waals surface area contributed by atoms with Crippen LogP contribution < -0.4 is 10.2 Å². The Bertz CT molecular complexity index is 346. The molecule has 0 spiro atoms. The third-order valence-electron chi connectivity index (χ3n) is 2.91. The first-order chi connectivity index (χ1) is 7.79. The van der Waals surface area contributed by atoms with Gasteiger partial charge >= 0.3 is 0 Å². The molecule has 1 aliphatic rings. The summed E-state index contributed by atoms with van der Waals surface area (Å²) in [6.07, 6.45) is 1.04. The predicted octanol–water partition coefficient (Wildman–Crippen LogP) is 0.986. The molecule has 16 heavy (non-hydrogen) atoms. The molecule has 4 heteroatoms. The standard InChI is InChI=1S/C12H17FN2O/c13-10-2-1-3-12(8-10)15-6-4-11(9-15)14-5-7-16/h1-3,8,11,14,16H,4-7,9H2. The van der Waals surface area contributed by atoms with Gasteiger partial charge in [0.1, 0.15) is 5.82 Å². The Balaban J connectivity index is 1.93. The number of rotatable bonds is 4. The van der Waals surface area contributed by atoms with Gasteiger partial charge in [-0.2, -0.15) is 0 Å². The van der Waals surface area contributed by atoms with Crippen molar-refractivity contribution in [3.05, 3.63) is 30.1 Å². The Kier molecular flexibility index (Phi) is 3.74. The van der Waals surface area contributed by atoms with Crippen LogP contribution in [0.3, 0.4) is 0 Å². The lowest BCUT2D eigenvalue weighted by Crippen LogP contribution is -2.34. The van der Waals surface area contributed by atoms with Gasteiger partial charge in [0.15, 0.2) is 0 Å². The minimum absolute atomic E-state index is 0.163. The van der Waals surface area contributed by atoms with Crippen LogP contribution in [0.2, 0.25) is 0 Å². The van der Waals surface area contributed by atoms with E-state index in [9.17, 15) is 4.39 Å². The summed E-state index contributed by atoms with van der Waals surface area (Å²) in [6.45, 7) is 2.61. The number of aliphatic hydroxyl groups excluding tert-OH is 1. The van der Waals surface area contributed by atoms with Crippen molar-refractivity contribution in [3.63, 3.8) is 0 Å². The van der Waals surface area contributed by atoms with E-state index in [1.165, 1.54) is 6.07 Å². The largest absolute Gasteiger partial charge is 0.395 e. The van der Waals surface area contributed by atoms with E-state index in [0.29, 0.717) is 12.6 Å². The zero-order chi connectivity index (χ0) is 11.4. The number of anilines is 1. The van der Waals surface area contributed by atoms with Crippen molar-refractivity contribution in [2.24, 2.45) is 0 Å². The molecule has 1 fully saturated rings. The van der Waals surface area contributed by atoms with Crippen molar-refractivity contribution in [2.75, 3.05) is 31.1 Å². The highest BCUT2D eigenvalue weighted by atomic mass is 19.1. The summed E-state index contributed by atoms with van der Waals surface area (Å²) in [4.78, 5) is 2.16. The highest BCUT2D eigenvalue weighted by Crippen LogP contribution is 2.20. The summed E-state index contributed by atoms with van der Waals surface area (Å²) in [7, 11) is 0. The minimum atomic E-state index is -0.190. The Hall–Kier alpha value is -1.13. The molecule has 2 N–H and O–H groups in total. The number of benzene rings is 1. The molecule has 1 atom stereocenters. The second-order valence-electron chi connectivity index (χ2n) is 4.09. The minimum Gasteiger partial charge on any atom is -0.395 e. The van der Waals surface area contributed by atoms with Gasteiger partial charge < -0.3 is 15.3 Å². The molecule has 0 radical (unpaired) electrons. The fourth-order valence-corrected chi connectivity index (χ4v) is 2.10. The molecule has 1 aromatic rings. The van der Waals surface area contributed by atoms with E-state index in [0.717, 1.165) is 25.2 Å². The van der Waals surface area contributed by atoms with Crippen molar-refractivity contribution in [3.8, 4) is 0 Å². The van der Waals surface area contributed by atoms with Crippen LogP contribution in [0.1, 0.15) is 6.42 Å².